The number of pyridine rings is 1. The van der Waals surface area contributed by atoms with Crippen molar-refractivity contribution in [3.8, 4) is 0 Å². The molecule has 0 atom stereocenters. The number of hydrogen-bond donors (Lipinski definition) is 2. The molecule has 0 unspecified atom stereocenters. The second kappa shape index (κ2) is 8.31. The number of benzene rings is 1. The van der Waals surface area contributed by atoms with Gasteiger partial charge in [-0.1, -0.05) is 18.2 Å². The molecule has 0 radical (unpaired) electrons. The average molecular weight is 326 g/mol. The zero-order valence-corrected chi connectivity index (χ0v) is 13.6. The van der Waals surface area contributed by atoms with E-state index in [0.717, 1.165) is 43.4 Å². The van der Waals surface area contributed by atoms with E-state index in [0.29, 0.717) is 6.54 Å². The van der Waals surface area contributed by atoms with Crippen molar-refractivity contribution in [3.05, 3.63) is 54.4 Å². The Morgan fingerprint density at radius 1 is 1.12 bits per heavy atom. The highest BCUT2D eigenvalue weighted by Gasteiger charge is 2.14. The van der Waals surface area contributed by atoms with Gasteiger partial charge in [-0.05, 0) is 24.3 Å². The van der Waals surface area contributed by atoms with Crippen molar-refractivity contribution >= 4 is 17.3 Å². The van der Waals surface area contributed by atoms with Crippen molar-refractivity contribution in [1.29, 1.82) is 0 Å². The van der Waals surface area contributed by atoms with Crippen LogP contribution in [-0.4, -0.2) is 43.7 Å². The van der Waals surface area contributed by atoms with Gasteiger partial charge in [-0.3, -0.25) is 9.78 Å². The van der Waals surface area contributed by atoms with E-state index >= 15 is 0 Å². The number of amides is 1. The highest BCUT2D eigenvalue weighted by Crippen LogP contribution is 2.25. The molecular weight excluding hydrogens is 304 g/mol. The van der Waals surface area contributed by atoms with E-state index in [4.69, 9.17) is 4.74 Å². The first-order valence-corrected chi connectivity index (χ1v) is 8.15. The van der Waals surface area contributed by atoms with E-state index in [9.17, 15) is 4.79 Å². The van der Waals surface area contributed by atoms with Gasteiger partial charge in [-0.25, -0.2) is 0 Å². The Labute approximate surface area is 141 Å². The number of para-hydroxylation sites is 2. The van der Waals surface area contributed by atoms with Crippen molar-refractivity contribution in [2.75, 3.05) is 43.1 Å². The number of nitrogens with zero attached hydrogens (tertiary/aromatic N) is 2. The van der Waals surface area contributed by atoms with Gasteiger partial charge in [0.25, 0.3) is 0 Å². The van der Waals surface area contributed by atoms with E-state index in [2.05, 4.69) is 26.6 Å². The fourth-order valence-electron chi connectivity index (χ4n) is 2.63. The van der Waals surface area contributed by atoms with Crippen LogP contribution in [0.15, 0.2) is 48.7 Å². The smallest absolute Gasteiger partial charge is 0.239 e. The van der Waals surface area contributed by atoms with Gasteiger partial charge in [0.2, 0.25) is 5.91 Å². The van der Waals surface area contributed by atoms with Crippen molar-refractivity contribution in [2.24, 2.45) is 0 Å². The number of ether oxygens (including phenoxy) is 1. The Balaban J connectivity index is 1.53. The molecule has 1 saturated heterocycles. The molecule has 1 aliphatic heterocycles. The number of rotatable bonds is 6. The number of morpholine rings is 1. The van der Waals surface area contributed by atoms with E-state index < -0.39 is 0 Å². The molecule has 0 bridgehead atoms. The molecule has 0 aliphatic carbocycles. The summed E-state index contributed by atoms with van der Waals surface area (Å²) in [6.07, 6.45) is 1.72. The molecule has 1 aromatic carbocycles. The Kier molecular flexibility index (Phi) is 5.63. The van der Waals surface area contributed by atoms with Gasteiger partial charge < -0.3 is 20.3 Å². The Bertz CT molecular complexity index is 657. The molecule has 126 valence electrons. The normalized spacial score (nSPS) is 14.2. The molecule has 1 fully saturated rings. The Morgan fingerprint density at radius 3 is 2.71 bits per heavy atom. The molecule has 1 amide bonds. The summed E-state index contributed by atoms with van der Waals surface area (Å²) in [7, 11) is 0. The number of carbonyl (C=O) groups is 1. The number of hydrogen-bond acceptors (Lipinski definition) is 5. The van der Waals surface area contributed by atoms with Crippen LogP contribution in [0.1, 0.15) is 5.69 Å². The quantitative estimate of drug-likeness (QED) is 0.845. The third-order valence-corrected chi connectivity index (χ3v) is 3.89. The van der Waals surface area contributed by atoms with Crippen molar-refractivity contribution in [1.82, 2.24) is 10.3 Å². The summed E-state index contributed by atoms with van der Waals surface area (Å²) in [4.78, 5) is 18.5. The van der Waals surface area contributed by atoms with Gasteiger partial charge in [0.1, 0.15) is 0 Å². The van der Waals surface area contributed by atoms with E-state index in [1.165, 1.54) is 0 Å². The molecule has 6 nitrogen and oxygen atoms in total. The minimum Gasteiger partial charge on any atom is -0.378 e. The first-order valence-electron chi connectivity index (χ1n) is 8.15. The van der Waals surface area contributed by atoms with Gasteiger partial charge >= 0.3 is 0 Å². The van der Waals surface area contributed by atoms with Crippen LogP contribution in [-0.2, 0) is 16.1 Å². The van der Waals surface area contributed by atoms with Gasteiger partial charge in [0, 0.05) is 19.3 Å². The number of aromatic nitrogens is 1. The Morgan fingerprint density at radius 2 is 1.92 bits per heavy atom. The minimum absolute atomic E-state index is 0.0579. The lowest BCUT2D eigenvalue weighted by Crippen LogP contribution is -2.37. The molecule has 1 aromatic heterocycles. The molecule has 2 heterocycles. The summed E-state index contributed by atoms with van der Waals surface area (Å²) in [6.45, 7) is 3.87. The second-order valence-corrected chi connectivity index (χ2v) is 5.57. The third kappa shape index (κ3) is 4.45. The SMILES string of the molecule is O=C(CNc1ccccc1N1CCOCC1)NCc1ccccn1. The fraction of sp³-hybridized carbons (Fsp3) is 0.333. The first kappa shape index (κ1) is 16.3. The predicted molar refractivity (Wildman–Crippen MR) is 94.0 cm³/mol. The lowest BCUT2D eigenvalue weighted by molar-refractivity contribution is -0.119. The minimum atomic E-state index is -0.0579. The van der Waals surface area contributed by atoms with Crippen molar-refractivity contribution in [3.63, 3.8) is 0 Å². The van der Waals surface area contributed by atoms with Crippen LogP contribution in [0.25, 0.3) is 0 Å². The third-order valence-electron chi connectivity index (χ3n) is 3.89. The summed E-state index contributed by atoms with van der Waals surface area (Å²) in [6, 6.07) is 13.7. The van der Waals surface area contributed by atoms with Crippen molar-refractivity contribution < 1.29 is 9.53 Å². The number of nitrogens with one attached hydrogen (secondary N) is 2. The molecule has 6 heteroatoms. The highest BCUT2D eigenvalue weighted by atomic mass is 16.5. The number of carbonyl (C=O) groups excluding carboxylic acids is 1. The zero-order chi connectivity index (χ0) is 16.6. The standard InChI is InChI=1S/C18H22N4O2/c23-18(21-13-15-5-3-4-8-19-15)14-20-16-6-1-2-7-17(16)22-9-11-24-12-10-22/h1-8,20H,9-14H2,(H,21,23). The topological polar surface area (TPSA) is 66.5 Å². The maximum atomic E-state index is 12.0. The maximum Gasteiger partial charge on any atom is 0.239 e. The lowest BCUT2D eigenvalue weighted by atomic mass is 10.2. The van der Waals surface area contributed by atoms with Gasteiger partial charge in [0.15, 0.2) is 0 Å². The monoisotopic (exact) mass is 326 g/mol. The first-order chi connectivity index (χ1) is 11.8. The van der Waals surface area contributed by atoms with Gasteiger partial charge in [-0.15, -0.1) is 0 Å². The molecule has 1 aliphatic rings. The van der Waals surface area contributed by atoms with Crippen molar-refractivity contribution in [2.45, 2.75) is 6.54 Å². The highest BCUT2D eigenvalue weighted by molar-refractivity contribution is 5.82. The van der Waals surface area contributed by atoms with E-state index in [-0.39, 0.29) is 12.5 Å². The Hall–Kier alpha value is -2.60. The molecule has 0 spiro atoms. The zero-order valence-electron chi connectivity index (χ0n) is 13.6. The average Bonchev–Trinajstić information content (AvgIpc) is 2.66. The van der Waals surface area contributed by atoms with Gasteiger partial charge in [0.05, 0.1) is 43.4 Å². The largest absolute Gasteiger partial charge is 0.378 e. The summed E-state index contributed by atoms with van der Waals surface area (Å²) >= 11 is 0. The van der Waals surface area contributed by atoms with Crippen LogP contribution in [0, 0.1) is 0 Å². The molecular formula is C18H22N4O2. The second-order valence-electron chi connectivity index (χ2n) is 5.57. The molecule has 3 rings (SSSR count). The van der Waals surface area contributed by atoms with Crippen LogP contribution in [0.2, 0.25) is 0 Å². The predicted octanol–water partition coefficient (Wildman–Crippen LogP) is 1.65. The van der Waals surface area contributed by atoms with Crippen LogP contribution in [0.5, 0.6) is 0 Å². The van der Waals surface area contributed by atoms with Crippen LogP contribution >= 0.6 is 0 Å². The van der Waals surface area contributed by atoms with Gasteiger partial charge in [-0.2, -0.15) is 0 Å². The van der Waals surface area contributed by atoms with E-state index in [1.807, 2.05) is 36.4 Å². The molecule has 24 heavy (non-hydrogen) atoms. The lowest BCUT2D eigenvalue weighted by Gasteiger charge is -2.30. The maximum absolute atomic E-state index is 12.0. The molecule has 2 aromatic rings. The summed E-state index contributed by atoms with van der Waals surface area (Å²) in [5.41, 5.74) is 2.92. The summed E-state index contributed by atoms with van der Waals surface area (Å²) in [5.74, 6) is -0.0579. The molecule has 0 saturated carbocycles. The fourth-order valence-corrected chi connectivity index (χ4v) is 2.63. The van der Waals surface area contributed by atoms with Crippen LogP contribution < -0.4 is 15.5 Å². The number of anilines is 2. The summed E-state index contributed by atoms with van der Waals surface area (Å²) in [5, 5.41) is 6.10. The van der Waals surface area contributed by atoms with Crippen LogP contribution in [0.4, 0.5) is 11.4 Å². The van der Waals surface area contributed by atoms with Crippen LogP contribution in [0.3, 0.4) is 0 Å². The van der Waals surface area contributed by atoms with E-state index in [1.54, 1.807) is 6.20 Å². The molecule has 2 N–H and O–H groups in total. The summed E-state index contributed by atoms with van der Waals surface area (Å²) < 4.78 is 5.40.